The minimum absolute atomic E-state index is 0.200. The van der Waals surface area contributed by atoms with Gasteiger partial charge in [-0.1, -0.05) is 54.1 Å². The molecule has 9 heteroatoms. The fourth-order valence-corrected chi connectivity index (χ4v) is 4.11. The second-order valence-corrected chi connectivity index (χ2v) is 9.36. The molecule has 0 radical (unpaired) electrons. The zero-order valence-corrected chi connectivity index (χ0v) is 21.9. The van der Waals surface area contributed by atoms with Gasteiger partial charge in [-0.2, -0.15) is 0 Å². The van der Waals surface area contributed by atoms with E-state index < -0.39 is 18.0 Å². The number of ether oxygens (including phenoxy) is 1. The standard InChI is InChI=1S/C28H35ClN4O4/c1-20-27(35)33-24(19-21-8-6-11-23(29)18-21)28(36)31-15-7-10-22-9-2-3-12-25(22)37-17-16-30-14-5-4-13-26(34)32-20/h2-3,6-12,18,20,24,30H,4-5,13-17,19H2,1H3,(H,31,36)(H,32,34)(H,33,35)/b10-7+/t20-,24-/m1/s1. The summed E-state index contributed by atoms with van der Waals surface area (Å²) in [4.78, 5) is 38.2. The predicted octanol–water partition coefficient (Wildman–Crippen LogP) is 2.85. The average Bonchev–Trinajstić information content (AvgIpc) is 2.87. The molecule has 8 nitrogen and oxygen atoms in total. The van der Waals surface area contributed by atoms with E-state index in [0.29, 0.717) is 31.0 Å². The van der Waals surface area contributed by atoms with Crippen LogP contribution in [0.15, 0.2) is 54.6 Å². The van der Waals surface area contributed by atoms with Crippen LogP contribution in [0.5, 0.6) is 5.75 Å². The van der Waals surface area contributed by atoms with Gasteiger partial charge in [-0.3, -0.25) is 14.4 Å². The summed E-state index contributed by atoms with van der Waals surface area (Å²) in [5.41, 5.74) is 1.72. The summed E-state index contributed by atoms with van der Waals surface area (Å²) in [5, 5.41) is 12.2. The molecule has 4 N–H and O–H groups in total. The number of hydrogen-bond donors (Lipinski definition) is 4. The Balaban J connectivity index is 1.74. The largest absolute Gasteiger partial charge is 0.492 e. The van der Waals surface area contributed by atoms with Crippen molar-refractivity contribution in [1.29, 1.82) is 0 Å². The van der Waals surface area contributed by atoms with Crippen LogP contribution in [-0.4, -0.2) is 56.0 Å². The number of halogens is 1. The first-order valence-electron chi connectivity index (χ1n) is 12.6. The van der Waals surface area contributed by atoms with Crippen LogP contribution in [0, 0.1) is 0 Å². The molecule has 0 saturated heterocycles. The van der Waals surface area contributed by atoms with E-state index in [1.807, 2.05) is 42.5 Å². The molecular weight excluding hydrogens is 492 g/mol. The summed E-state index contributed by atoms with van der Waals surface area (Å²) >= 11 is 6.11. The highest BCUT2D eigenvalue weighted by molar-refractivity contribution is 6.30. The van der Waals surface area contributed by atoms with E-state index in [1.165, 1.54) is 0 Å². The number of fused-ring (bicyclic) bond motifs is 1. The third kappa shape index (κ3) is 9.90. The van der Waals surface area contributed by atoms with Crippen molar-refractivity contribution in [3.05, 3.63) is 70.8 Å². The molecule has 0 aromatic heterocycles. The highest BCUT2D eigenvalue weighted by Crippen LogP contribution is 2.19. The summed E-state index contributed by atoms with van der Waals surface area (Å²) < 4.78 is 5.92. The van der Waals surface area contributed by atoms with Crippen molar-refractivity contribution < 1.29 is 19.1 Å². The molecule has 0 saturated carbocycles. The summed E-state index contributed by atoms with van der Waals surface area (Å²) in [6, 6.07) is 13.2. The average molecular weight is 527 g/mol. The Hall–Kier alpha value is -3.36. The van der Waals surface area contributed by atoms with Crippen molar-refractivity contribution >= 4 is 35.4 Å². The predicted molar refractivity (Wildman–Crippen MR) is 145 cm³/mol. The number of nitrogens with one attached hydrogen (secondary N) is 4. The second kappa shape index (κ2) is 15.0. The molecule has 2 aromatic rings. The van der Waals surface area contributed by atoms with E-state index in [1.54, 1.807) is 25.1 Å². The normalized spacial score (nSPS) is 21.7. The van der Waals surface area contributed by atoms with Gasteiger partial charge in [0.1, 0.15) is 24.4 Å². The van der Waals surface area contributed by atoms with Gasteiger partial charge in [0.25, 0.3) is 0 Å². The van der Waals surface area contributed by atoms with Gasteiger partial charge < -0.3 is 26.0 Å². The van der Waals surface area contributed by atoms with E-state index in [2.05, 4.69) is 21.3 Å². The van der Waals surface area contributed by atoms with Gasteiger partial charge in [-0.15, -0.1) is 0 Å². The van der Waals surface area contributed by atoms with Crippen LogP contribution in [0.3, 0.4) is 0 Å². The molecule has 3 amide bonds. The highest BCUT2D eigenvalue weighted by Gasteiger charge is 2.24. The Morgan fingerprint density at radius 2 is 1.81 bits per heavy atom. The first-order valence-corrected chi connectivity index (χ1v) is 13.0. The van der Waals surface area contributed by atoms with Crippen LogP contribution < -0.4 is 26.0 Å². The van der Waals surface area contributed by atoms with Gasteiger partial charge in [-0.25, -0.2) is 0 Å². The molecule has 0 fully saturated rings. The van der Waals surface area contributed by atoms with Crippen LogP contribution in [0.25, 0.3) is 6.08 Å². The van der Waals surface area contributed by atoms with Crippen molar-refractivity contribution in [3.63, 3.8) is 0 Å². The molecule has 2 aromatic carbocycles. The minimum atomic E-state index is -0.838. The monoisotopic (exact) mass is 526 g/mol. The summed E-state index contributed by atoms with van der Waals surface area (Å²) in [6.45, 7) is 3.85. The second-order valence-electron chi connectivity index (χ2n) is 8.93. The zero-order valence-electron chi connectivity index (χ0n) is 21.1. The molecule has 0 unspecified atom stereocenters. The van der Waals surface area contributed by atoms with Crippen molar-refractivity contribution in [3.8, 4) is 5.75 Å². The molecule has 0 aliphatic carbocycles. The number of para-hydroxylation sites is 1. The van der Waals surface area contributed by atoms with Gasteiger partial charge in [0, 0.05) is 36.5 Å². The Labute approximate surface area is 223 Å². The van der Waals surface area contributed by atoms with Crippen LogP contribution in [0.4, 0.5) is 0 Å². The molecule has 2 atom stereocenters. The Bertz CT molecular complexity index is 1090. The summed E-state index contributed by atoms with van der Waals surface area (Å²) in [5.74, 6) is -0.202. The first kappa shape index (κ1) is 28.2. The van der Waals surface area contributed by atoms with E-state index in [4.69, 9.17) is 16.3 Å². The lowest BCUT2D eigenvalue weighted by atomic mass is 10.0. The first-order chi connectivity index (χ1) is 17.9. The summed E-state index contributed by atoms with van der Waals surface area (Å²) in [7, 11) is 0. The molecular formula is C28H35ClN4O4. The Morgan fingerprint density at radius 3 is 2.65 bits per heavy atom. The fourth-order valence-electron chi connectivity index (χ4n) is 3.90. The zero-order chi connectivity index (χ0) is 26.5. The quantitative estimate of drug-likeness (QED) is 0.481. The number of carbonyl (C=O) groups excluding carboxylic acids is 3. The van der Waals surface area contributed by atoms with Gasteiger partial charge >= 0.3 is 0 Å². The van der Waals surface area contributed by atoms with Crippen molar-refractivity contribution in [2.24, 2.45) is 0 Å². The van der Waals surface area contributed by atoms with Crippen molar-refractivity contribution in [2.75, 3.05) is 26.2 Å². The molecule has 0 spiro atoms. The third-order valence-corrected chi connectivity index (χ3v) is 6.12. The van der Waals surface area contributed by atoms with Crippen molar-refractivity contribution in [2.45, 2.75) is 44.7 Å². The minimum Gasteiger partial charge on any atom is -0.492 e. The molecule has 1 aliphatic heterocycles. The lowest BCUT2D eigenvalue weighted by molar-refractivity contribution is -0.131. The van der Waals surface area contributed by atoms with Gasteiger partial charge in [0.15, 0.2) is 0 Å². The van der Waals surface area contributed by atoms with Crippen LogP contribution in [-0.2, 0) is 20.8 Å². The van der Waals surface area contributed by atoms with Crippen LogP contribution in [0.1, 0.15) is 37.3 Å². The Morgan fingerprint density at radius 1 is 0.973 bits per heavy atom. The smallest absolute Gasteiger partial charge is 0.243 e. The molecule has 0 bridgehead atoms. The number of carbonyl (C=O) groups is 3. The molecule has 37 heavy (non-hydrogen) atoms. The molecule has 198 valence electrons. The third-order valence-electron chi connectivity index (χ3n) is 5.89. The number of benzene rings is 2. The Kier molecular flexibility index (Phi) is 11.5. The summed E-state index contributed by atoms with van der Waals surface area (Å²) in [6.07, 6.45) is 5.83. The lowest BCUT2D eigenvalue weighted by Crippen LogP contribution is -2.53. The topological polar surface area (TPSA) is 109 Å². The van der Waals surface area contributed by atoms with Gasteiger partial charge in [-0.05, 0) is 50.1 Å². The van der Waals surface area contributed by atoms with Gasteiger partial charge in [0.05, 0.1) is 0 Å². The molecule has 1 aliphatic rings. The number of hydrogen-bond acceptors (Lipinski definition) is 5. The van der Waals surface area contributed by atoms with Crippen LogP contribution >= 0.6 is 11.6 Å². The lowest BCUT2D eigenvalue weighted by Gasteiger charge is -2.21. The molecule has 3 rings (SSSR count). The number of amides is 3. The maximum absolute atomic E-state index is 13.1. The fraction of sp³-hybridized carbons (Fsp3) is 0.393. The van der Waals surface area contributed by atoms with E-state index in [9.17, 15) is 14.4 Å². The number of rotatable bonds is 2. The van der Waals surface area contributed by atoms with E-state index in [-0.39, 0.29) is 24.8 Å². The SMILES string of the molecule is C[C@H]1NC(=O)CCCCNCCOc2ccccc2/C=C/CNC(=O)[C@@H](Cc2cccc(Cl)c2)NC1=O. The van der Waals surface area contributed by atoms with Crippen LogP contribution in [0.2, 0.25) is 5.02 Å². The van der Waals surface area contributed by atoms with Gasteiger partial charge in [0.2, 0.25) is 17.7 Å². The van der Waals surface area contributed by atoms with Crippen molar-refractivity contribution in [1.82, 2.24) is 21.3 Å². The maximum atomic E-state index is 13.1. The molecule has 1 heterocycles. The highest BCUT2D eigenvalue weighted by atomic mass is 35.5. The van der Waals surface area contributed by atoms with E-state index in [0.717, 1.165) is 29.8 Å². The maximum Gasteiger partial charge on any atom is 0.243 e. The van der Waals surface area contributed by atoms with E-state index >= 15 is 0 Å².